The molecule has 128 valence electrons. The predicted octanol–water partition coefficient (Wildman–Crippen LogP) is 3.87. The van der Waals surface area contributed by atoms with Gasteiger partial charge in [-0.2, -0.15) is 0 Å². The van der Waals surface area contributed by atoms with Gasteiger partial charge >= 0.3 is 0 Å². The fourth-order valence-corrected chi connectivity index (χ4v) is 3.49. The van der Waals surface area contributed by atoms with Crippen molar-refractivity contribution < 1.29 is 18.8 Å². The lowest BCUT2D eigenvalue weighted by Crippen LogP contribution is -2.36. The average Bonchev–Trinajstić information content (AvgIpc) is 3.06. The number of nitrogens with one attached hydrogen (secondary N) is 1. The van der Waals surface area contributed by atoms with Crippen LogP contribution in [0.1, 0.15) is 11.3 Å². The predicted molar refractivity (Wildman–Crippen MR) is 104 cm³/mol. The Hall–Kier alpha value is -2.07. The zero-order valence-corrected chi connectivity index (χ0v) is 16.1. The number of furan rings is 1. The van der Waals surface area contributed by atoms with Crippen LogP contribution in [0.4, 0.5) is 10.5 Å². The largest absolute Gasteiger partial charge is 0.451 e. The summed E-state index contributed by atoms with van der Waals surface area (Å²) in [6, 6.07) is 10.7. The minimum Gasteiger partial charge on any atom is -0.451 e. The topological polar surface area (TPSA) is 79.6 Å². The van der Waals surface area contributed by atoms with Crippen LogP contribution in [0.2, 0.25) is 0 Å². The molecule has 3 amide bonds. The Labute approximate surface area is 161 Å². The summed E-state index contributed by atoms with van der Waals surface area (Å²) in [6.07, 6.45) is 1.51. The number of amides is 3. The van der Waals surface area contributed by atoms with E-state index in [2.05, 4.69) is 5.32 Å². The van der Waals surface area contributed by atoms with Crippen LogP contribution in [0.5, 0.6) is 0 Å². The first kappa shape index (κ1) is 17.7. The van der Waals surface area contributed by atoms with Crippen LogP contribution in [0.3, 0.4) is 0 Å². The third-order valence-electron chi connectivity index (χ3n) is 3.34. The Kier molecular flexibility index (Phi) is 5.28. The smallest absolute Gasteiger partial charge is 0.294 e. The first-order valence-electron chi connectivity index (χ1n) is 7.29. The van der Waals surface area contributed by atoms with Crippen LogP contribution in [0.25, 0.3) is 6.08 Å². The first-order valence-corrected chi connectivity index (χ1v) is 9.19. The number of nitrogens with zero attached hydrogens (tertiary/aromatic N) is 1. The van der Waals surface area contributed by atoms with Crippen molar-refractivity contribution in [3.63, 3.8) is 0 Å². The van der Waals surface area contributed by atoms with E-state index < -0.39 is 17.1 Å². The van der Waals surface area contributed by atoms with Gasteiger partial charge in [0.2, 0.25) is 5.91 Å². The van der Waals surface area contributed by atoms with E-state index in [1.54, 1.807) is 18.2 Å². The van der Waals surface area contributed by atoms with Crippen molar-refractivity contribution in [1.29, 1.82) is 0 Å². The third kappa shape index (κ3) is 4.31. The van der Waals surface area contributed by atoms with Crippen molar-refractivity contribution in [3.05, 3.63) is 56.4 Å². The standard InChI is InChI=1S/C17H13IN2O4S/c1-10-3-2-4-11(7-10)19-15(21)9-20-16(22)13(25-17(20)23)8-12-5-6-14(18)24-12/h2-8H,9H2,1H3,(H,19,21)/b13-8-. The van der Waals surface area contributed by atoms with Gasteiger partial charge < -0.3 is 9.73 Å². The van der Waals surface area contributed by atoms with Gasteiger partial charge in [0.05, 0.1) is 4.91 Å². The van der Waals surface area contributed by atoms with Gasteiger partial charge in [0.25, 0.3) is 11.1 Å². The molecule has 2 heterocycles. The molecule has 0 spiro atoms. The highest BCUT2D eigenvalue weighted by Crippen LogP contribution is 2.32. The number of hydrogen-bond donors (Lipinski definition) is 1. The minimum absolute atomic E-state index is 0.235. The second-order valence-electron chi connectivity index (χ2n) is 5.33. The second kappa shape index (κ2) is 7.44. The zero-order valence-electron chi connectivity index (χ0n) is 13.1. The molecule has 0 radical (unpaired) electrons. The summed E-state index contributed by atoms with van der Waals surface area (Å²) in [5.41, 5.74) is 1.62. The molecule has 6 nitrogen and oxygen atoms in total. The summed E-state index contributed by atoms with van der Waals surface area (Å²) in [5.74, 6) is -0.443. The van der Waals surface area contributed by atoms with Crippen molar-refractivity contribution in [2.75, 3.05) is 11.9 Å². The van der Waals surface area contributed by atoms with Crippen LogP contribution in [0.15, 0.2) is 45.7 Å². The van der Waals surface area contributed by atoms with Gasteiger partial charge in [-0.3, -0.25) is 19.3 Å². The van der Waals surface area contributed by atoms with E-state index in [1.165, 1.54) is 6.08 Å². The van der Waals surface area contributed by atoms with Crippen LogP contribution < -0.4 is 5.32 Å². The highest BCUT2D eigenvalue weighted by Gasteiger charge is 2.36. The average molecular weight is 468 g/mol. The molecule has 1 fully saturated rings. The molecule has 8 heteroatoms. The molecular formula is C17H13IN2O4S. The molecule has 0 aliphatic carbocycles. The van der Waals surface area contributed by atoms with Gasteiger partial charge in [0.1, 0.15) is 12.3 Å². The molecule has 1 aromatic carbocycles. The highest BCUT2D eigenvalue weighted by atomic mass is 127. The van der Waals surface area contributed by atoms with Crippen molar-refractivity contribution in [2.24, 2.45) is 0 Å². The van der Waals surface area contributed by atoms with Crippen LogP contribution in [-0.4, -0.2) is 28.5 Å². The van der Waals surface area contributed by atoms with Gasteiger partial charge in [0.15, 0.2) is 3.77 Å². The molecule has 0 atom stereocenters. The van der Waals surface area contributed by atoms with Crippen LogP contribution in [-0.2, 0) is 9.59 Å². The molecule has 1 N–H and O–H groups in total. The molecule has 25 heavy (non-hydrogen) atoms. The summed E-state index contributed by atoms with van der Waals surface area (Å²) >= 11 is 2.80. The number of carbonyl (C=O) groups is 3. The fraction of sp³-hybridized carbons (Fsp3) is 0.118. The normalized spacial score (nSPS) is 15.9. The molecule has 3 rings (SSSR count). The van der Waals surface area contributed by atoms with E-state index in [0.29, 0.717) is 15.2 Å². The minimum atomic E-state index is -0.499. The summed E-state index contributed by atoms with van der Waals surface area (Å²) in [6.45, 7) is 1.58. The van der Waals surface area contributed by atoms with Gasteiger partial charge in [-0.05, 0) is 71.1 Å². The van der Waals surface area contributed by atoms with E-state index in [9.17, 15) is 14.4 Å². The van der Waals surface area contributed by atoms with Gasteiger partial charge in [-0.1, -0.05) is 12.1 Å². The number of imide groups is 1. The molecule has 1 saturated heterocycles. The number of anilines is 1. The summed E-state index contributed by atoms with van der Waals surface area (Å²) in [4.78, 5) is 37.7. The second-order valence-corrected chi connectivity index (χ2v) is 7.38. The number of thioether (sulfide) groups is 1. The van der Waals surface area contributed by atoms with E-state index in [1.807, 2.05) is 47.7 Å². The van der Waals surface area contributed by atoms with E-state index in [-0.39, 0.29) is 11.4 Å². The first-order chi connectivity index (χ1) is 11.9. The number of carbonyl (C=O) groups excluding carboxylic acids is 3. The van der Waals surface area contributed by atoms with Crippen molar-refractivity contribution in [1.82, 2.24) is 4.90 Å². The van der Waals surface area contributed by atoms with Crippen LogP contribution in [0, 0.1) is 10.7 Å². The van der Waals surface area contributed by atoms with Crippen molar-refractivity contribution in [2.45, 2.75) is 6.92 Å². The molecular weight excluding hydrogens is 455 g/mol. The summed E-state index contributed by atoms with van der Waals surface area (Å²) in [7, 11) is 0. The number of benzene rings is 1. The Bertz CT molecular complexity index is 890. The number of halogens is 1. The van der Waals surface area contributed by atoms with Crippen molar-refractivity contribution >= 4 is 63.2 Å². The van der Waals surface area contributed by atoms with Gasteiger partial charge in [-0.15, -0.1) is 0 Å². The molecule has 0 saturated carbocycles. The zero-order chi connectivity index (χ0) is 18.0. The molecule has 0 bridgehead atoms. The lowest BCUT2D eigenvalue weighted by Gasteiger charge is -2.12. The Morgan fingerprint density at radius 3 is 2.80 bits per heavy atom. The highest BCUT2D eigenvalue weighted by molar-refractivity contribution is 14.1. The number of rotatable bonds is 4. The summed E-state index contributed by atoms with van der Waals surface area (Å²) < 4.78 is 6.05. The van der Waals surface area contributed by atoms with E-state index >= 15 is 0 Å². The van der Waals surface area contributed by atoms with Crippen LogP contribution >= 0.6 is 34.4 Å². The molecule has 2 aromatic rings. The maximum absolute atomic E-state index is 12.4. The lowest BCUT2D eigenvalue weighted by molar-refractivity contribution is -0.127. The lowest BCUT2D eigenvalue weighted by atomic mass is 10.2. The van der Waals surface area contributed by atoms with E-state index in [4.69, 9.17) is 4.42 Å². The van der Waals surface area contributed by atoms with Gasteiger partial charge in [0, 0.05) is 11.8 Å². The maximum Gasteiger partial charge on any atom is 0.294 e. The number of hydrogen-bond acceptors (Lipinski definition) is 5. The van der Waals surface area contributed by atoms with E-state index in [0.717, 1.165) is 22.2 Å². The molecule has 0 unspecified atom stereocenters. The Morgan fingerprint density at radius 2 is 2.12 bits per heavy atom. The van der Waals surface area contributed by atoms with Gasteiger partial charge in [-0.25, -0.2) is 0 Å². The molecule has 1 aliphatic heterocycles. The molecule has 1 aliphatic rings. The Morgan fingerprint density at radius 1 is 1.32 bits per heavy atom. The quantitative estimate of drug-likeness (QED) is 0.545. The fourth-order valence-electron chi connectivity index (χ4n) is 2.24. The van der Waals surface area contributed by atoms with Crippen molar-refractivity contribution in [3.8, 4) is 0 Å². The SMILES string of the molecule is Cc1cccc(NC(=O)CN2C(=O)S/C(=C\c3ccc(I)o3)C2=O)c1. The molecule has 1 aromatic heterocycles. The maximum atomic E-state index is 12.4. The summed E-state index contributed by atoms with van der Waals surface area (Å²) in [5, 5.41) is 2.21. The Balaban J connectivity index is 1.68. The monoisotopic (exact) mass is 468 g/mol. The third-order valence-corrected chi connectivity index (χ3v) is 4.83. The number of aryl methyl sites for hydroxylation is 1.